The van der Waals surface area contributed by atoms with E-state index in [2.05, 4.69) is 14.8 Å². The number of anilines is 1. The van der Waals surface area contributed by atoms with E-state index in [0.717, 1.165) is 64.0 Å². The smallest absolute Gasteiger partial charge is 0.254 e. The average Bonchev–Trinajstić information content (AvgIpc) is 3.83. The quantitative estimate of drug-likeness (QED) is 0.237. The van der Waals surface area contributed by atoms with Crippen molar-refractivity contribution >= 4 is 17.5 Å². The number of hydrogen-bond acceptors (Lipinski definition) is 6. The van der Waals surface area contributed by atoms with E-state index in [1.807, 2.05) is 13.0 Å². The SMILES string of the molecule is C/C=C/C(=O)N1CCCCCCCCCCCCCCCCCCCCCCCCCCCCCCCCCCCCCCCC2(CCN(c3cnc(Oc4ccc(Oc5cccc(F)c5)cc4)c(C(N)=O)c3)C2)C1. The summed E-state index contributed by atoms with van der Waals surface area (Å²) in [6.45, 7) is 5.02. The molecule has 2 N–H and O–H groups in total. The standard InChI is InChI=1S/C66H103FN4O4/c1-2-41-63(72)71-50-39-37-35-33-31-29-27-25-23-21-19-17-15-13-11-9-7-5-3-4-6-8-10-12-14-16-18-20-22-24-26-28-30-32-34-36-38-48-66(56-71)49-51-70(55-66)58-53-62(64(68)73)65(69-54-58)75-60-46-44-59(45-47-60)74-61-43-40-42-57(67)52-61/h2,40-47,52-54H,3-39,48-51,55-56H2,1H3,(H2,68,73)/b41-2+. The van der Waals surface area contributed by atoms with Crippen LogP contribution in [0.5, 0.6) is 23.1 Å². The zero-order valence-corrected chi connectivity index (χ0v) is 47.3. The first kappa shape index (κ1) is 61.5. The Morgan fingerprint density at radius 2 is 0.947 bits per heavy atom. The second kappa shape index (κ2) is 38.2. The number of carbonyl (C=O) groups is 2. The Morgan fingerprint density at radius 1 is 0.520 bits per heavy atom. The third kappa shape index (κ3) is 26.0. The molecule has 0 radical (unpaired) electrons. The summed E-state index contributed by atoms with van der Waals surface area (Å²) < 4.78 is 25.6. The Balaban J connectivity index is 1.14. The summed E-state index contributed by atoms with van der Waals surface area (Å²) in [5.74, 6) is 0.615. The van der Waals surface area contributed by atoms with Crippen molar-refractivity contribution in [3.8, 4) is 23.1 Å². The first-order chi connectivity index (χ1) is 36.8. The van der Waals surface area contributed by atoms with Gasteiger partial charge in [-0.3, -0.25) is 9.59 Å². The lowest BCUT2D eigenvalue weighted by molar-refractivity contribution is -0.127. The van der Waals surface area contributed by atoms with Gasteiger partial charge in [-0.05, 0) is 74.7 Å². The monoisotopic (exact) mass is 1030 g/mol. The van der Waals surface area contributed by atoms with Crippen LogP contribution in [-0.2, 0) is 4.79 Å². The molecule has 9 heteroatoms. The van der Waals surface area contributed by atoms with Crippen molar-refractivity contribution < 1.29 is 23.5 Å². The Hall–Kier alpha value is -4.40. The second-order valence-corrected chi connectivity index (χ2v) is 22.8. The van der Waals surface area contributed by atoms with E-state index in [9.17, 15) is 14.0 Å². The minimum Gasteiger partial charge on any atom is -0.457 e. The number of pyridine rings is 1. The summed E-state index contributed by atoms with van der Waals surface area (Å²) in [7, 11) is 0. The molecule has 1 aromatic heterocycles. The molecule has 0 saturated carbocycles. The summed E-state index contributed by atoms with van der Waals surface area (Å²) in [4.78, 5) is 35.9. The number of ether oxygens (including phenoxy) is 2. The van der Waals surface area contributed by atoms with Gasteiger partial charge < -0.3 is 25.0 Å². The Kier molecular flexibility index (Phi) is 31.3. The van der Waals surface area contributed by atoms with Gasteiger partial charge in [-0.25, -0.2) is 9.37 Å². The molecule has 8 nitrogen and oxygen atoms in total. The van der Waals surface area contributed by atoms with Crippen LogP contribution in [0.3, 0.4) is 0 Å². The number of rotatable bonds is 7. The summed E-state index contributed by atoms with van der Waals surface area (Å²) in [5.41, 5.74) is 6.93. The van der Waals surface area contributed by atoms with Gasteiger partial charge in [-0.15, -0.1) is 0 Å². The lowest BCUT2D eigenvalue weighted by Crippen LogP contribution is -2.43. The maximum Gasteiger partial charge on any atom is 0.254 e. The Bertz CT molecular complexity index is 2010. The van der Waals surface area contributed by atoms with Crippen LogP contribution in [0.25, 0.3) is 0 Å². The Labute approximate surface area is 456 Å². The number of aromatic nitrogens is 1. The third-order valence-corrected chi connectivity index (χ3v) is 16.3. The molecule has 75 heavy (non-hydrogen) atoms. The number of hydrogen-bond donors (Lipinski definition) is 1. The van der Waals surface area contributed by atoms with E-state index < -0.39 is 5.91 Å². The third-order valence-electron chi connectivity index (χ3n) is 16.3. The molecule has 2 fully saturated rings. The molecule has 2 aromatic carbocycles. The number of benzene rings is 2. The fourth-order valence-corrected chi connectivity index (χ4v) is 11.7. The first-order valence-electron chi connectivity index (χ1n) is 31.0. The summed E-state index contributed by atoms with van der Waals surface area (Å²) >= 11 is 0. The molecule has 2 amide bonds. The Morgan fingerprint density at radius 3 is 1.37 bits per heavy atom. The van der Waals surface area contributed by atoms with Crippen molar-refractivity contribution in [1.82, 2.24) is 9.88 Å². The number of primary amides is 1. The largest absolute Gasteiger partial charge is 0.457 e. The van der Waals surface area contributed by atoms with Crippen LogP contribution in [0.2, 0.25) is 0 Å². The topological polar surface area (TPSA) is 98.0 Å². The molecule has 2 aliphatic heterocycles. The highest BCUT2D eigenvalue weighted by Gasteiger charge is 2.40. The van der Waals surface area contributed by atoms with Crippen molar-refractivity contribution in [2.45, 2.75) is 257 Å². The van der Waals surface area contributed by atoms with Crippen LogP contribution < -0.4 is 20.1 Å². The predicted molar refractivity (Wildman–Crippen MR) is 312 cm³/mol. The molecule has 0 bridgehead atoms. The molecule has 3 heterocycles. The van der Waals surface area contributed by atoms with Gasteiger partial charge in [-0.1, -0.05) is 243 Å². The summed E-state index contributed by atoms with van der Waals surface area (Å²) in [6, 6.07) is 14.6. The average molecular weight is 1040 g/mol. The van der Waals surface area contributed by atoms with Crippen LogP contribution in [0.1, 0.15) is 268 Å². The number of allylic oxidation sites excluding steroid dienone is 1. The minimum atomic E-state index is -0.617. The van der Waals surface area contributed by atoms with E-state index in [4.69, 9.17) is 15.2 Å². The number of amides is 2. The molecule has 1 unspecified atom stereocenters. The molecular weight excluding hydrogens is 932 g/mol. The number of nitrogens with two attached hydrogens (primary N) is 1. The minimum absolute atomic E-state index is 0.0828. The fraction of sp³-hybridized carbons (Fsp3) is 0.682. The zero-order chi connectivity index (χ0) is 52.9. The van der Waals surface area contributed by atoms with Gasteiger partial charge in [0.15, 0.2) is 0 Å². The van der Waals surface area contributed by atoms with Gasteiger partial charge in [0.05, 0.1) is 11.9 Å². The van der Waals surface area contributed by atoms with E-state index in [1.54, 1.807) is 54.7 Å². The fourth-order valence-electron chi connectivity index (χ4n) is 11.7. The van der Waals surface area contributed by atoms with Gasteiger partial charge in [-0.2, -0.15) is 0 Å². The molecule has 2 saturated heterocycles. The molecule has 1 atom stereocenters. The van der Waals surface area contributed by atoms with Crippen molar-refractivity contribution in [2.75, 3.05) is 31.1 Å². The number of nitrogens with zero attached hydrogens (tertiary/aromatic N) is 3. The second-order valence-electron chi connectivity index (χ2n) is 22.8. The first-order valence-corrected chi connectivity index (χ1v) is 31.0. The van der Waals surface area contributed by atoms with Crippen molar-refractivity contribution in [2.24, 2.45) is 11.1 Å². The molecule has 0 aliphatic carbocycles. The number of carbonyl (C=O) groups excluding carboxylic acids is 2. The maximum absolute atomic E-state index is 13.8. The predicted octanol–water partition coefficient (Wildman–Crippen LogP) is 19.3. The van der Waals surface area contributed by atoms with Crippen molar-refractivity contribution in [3.63, 3.8) is 0 Å². The van der Waals surface area contributed by atoms with Crippen LogP contribution >= 0.6 is 0 Å². The molecule has 5 rings (SSSR count). The van der Waals surface area contributed by atoms with Crippen LogP contribution in [0.15, 0.2) is 72.9 Å². The highest BCUT2D eigenvalue weighted by atomic mass is 19.1. The van der Waals surface area contributed by atoms with E-state index >= 15 is 0 Å². The highest BCUT2D eigenvalue weighted by Crippen LogP contribution is 2.40. The van der Waals surface area contributed by atoms with Gasteiger partial charge >= 0.3 is 0 Å². The maximum atomic E-state index is 13.8. The van der Waals surface area contributed by atoms with Crippen molar-refractivity contribution in [3.05, 3.63) is 84.3 Å². The molecule has 1 spiro atoms. The van der Waals surface area contributed by atoms with Crippen LogP contribution in [0, 0.1) is 11.2 Å². The van der Waals surface area contributed by atoms with E-state index in [-0.39, 0.29) is 28.6 Å². The summed E-state index contributed by atoms with van der Waals surface area (Å²) in [6.07, 6.45) is 58.0. The van der Waals surface area contributed by atoms with Crippen LogP contribution in [-0.4, -0.2) is 47.9 Å². The molecule has 418 valence electrons. The molecule has 2 aliphatic rings. The molecule has 3 aromatic rings. The zero-order valence-electron chi connectivity index (χ0n) is 47.3. The van der Waals surface area contributed by atoms with Crippen molar-refractivity contribution in [1.29, 1.82) is 0 Å². The molecular formula is C66H103FN4O4. The van der Waals surface area contributed by atoms with Crippen LogP contribution in [0.4, 0.5) is 10.1 Å². The highest BCUT2D eigenvalue weighted by molar-refractivity contribution is 5.96. The van der Waals surface area contributed by atoms with E-state index in [0.29, 0.717) is 17.2 Å². The normalized spacial score (nSPS) is 21.4. The van der Waals surface area contributed by atoms with Gasteiger partial charge in [0.1, 0.15) is 28.6 Å². The van der Waals surface area contributed by atoms with E-state index in [1.165, 1.54) is 230 Å². The number of halogens is 1. The lowest BCUT2D eigenvalue weighted by Gasteiger charge is -2.36. The van der Waals surface area contributed by atoms with Gasteiger partial charge in [0, 0.05) is 37.7 Å². The van der Waals surface area contributed by atoms with Gasteiger partial charge in [0.25, 0.3) is 5.91 Å². The lowest BCUT2D eigenvalue weighted by atomic mass is 9.80. The summed E-state index contributed by atoms with van der Waals surface area (Å²) in [5, 5.41) is 0. The van der Waals surface area contributed by atoms with Gasteiger partial charge in [0.2, 0.25) is 11.8 Å².